The number of rotatable bonds is 4. The third kappa shape index (κ3) is 2.96. The minimum absolute atomic E-state index is 0.126. The molecule has 0 spiro atoms. The van der Waals surface area contributed by atoms with E-state index in [9.17, 15) is 9.18 Å². The molecule has 142 valence electrons. The van der Waals surface area contributed by atoms with E-state index in [-0.39, 0.29) is 17.8 Å². The van der Waals surface area contributed by atoms with Gasteiger partial charge in [0.15, 0.2) is 10.4 Å². The second kappa shape index (κ2) is 6.74. The van der Waals surface area contributed by atoms with Crippen molar-refractivity contribution in [1.82, 2.24) is 14.5 Å². The third-order valence-corrected chi connectivity index (χ3v) is 5.68. The monoisotopic (exact) mass is 433 g/mol. The Bertz CT molecular complexity index is 921. The van der Waals surface area contributed by atoms with Gasteiger partial charge in [0.05, 0.1) is 19.1 Å². The number of anilines is 1. The second-order valence-corrected chi connectivity index (χ2v) is 7.88. The number of hydrogen-bond donors (Lipinski definition) is 0. The maximum atomic E-state index is 13.2. The maximum absolute atomic E-state index is 13.2. The highest BCUT2D eigenvalue weighted by Crippen LogP contribution is 2.36. The van der Waals surface area contributed by atoms with E-state index < -0.39 is 0 Å². The van der Waals surface area contributed by atoms with E-state index in [0.717, 1.165) is 11.4 Å². The molecule has 8 heteroatoms. The minimum Gasteiger partial charge on any atom is -0.300 e. The molecule has 1 aromatic carbocycles. The molecule has 1 amide bonds. The number of carbonyl (C=O) groups is 1. The van der Waals surface area contributed by atoms with E-state index in [4.69, 9.17) is 4.99 Å². The summed E-state index contributed by atoms with van der Waals surface area (Å²) in [5.41, 5.74) is 1.36. The first-order chi connectivity index (χ1) is 12.9. The Kier molecular flexibility index (Phi) is 4.53. The first kappa shape index (κ1) is 18.2. The number of nitrogens with zero attached hydrogens (tertiary/aromatic N) is 5. The first-order valence-corrected chi connectivity index (χ1v) is 9.87. The summed E-state index contributed by atoms with van der Waals surface area (Å²) in [4.78, 5) is 26.1. The number of carbonyl (C=O) groups excluding carboxylic acids is 1. The highest BCUT2D eigenvalue weighted by Gasteiger charge is 2.43. The van der Waals surface area contributed by atoms with Gasteiger partial charge in [0.25, 0.3) is 5.91 Å². The van der Waals surface area contributed by atoms with Gasteiger partial charge in [-0.1, -0.05) is 26.0 Å². The lowest BCUT2D eigenvalue weighted by atomic mass is 10.1. The molecule has 2 aliphatic heterocycles. The lowest BCUT2D eigenvalue weighted by Gasteiger charge is -2.33. The van der Waals surface area contributed by atoms with E-state index in [1.165, 1.54) is 12.1 Å². The zero-order valence-electron chi connectivity index (χ0n) is 15.5. The molecule has 3 heterocycles. The van der Waals surface area contributed by atoms with Crippen molar-refractivity contribution >= 4 is 33.6 Å². The molecular weight excluding hydrogens is 413 g/mol. The van der Waals surface area contributed by atoms with Gasteiger partial charge in [-0.3, -0.25) is 19.2 Å². The van der Waals surface area contributed by atoms with Crippen molar-refractivity contribution in [3.63, 3.8) is 0 Å². The molecule has 6 nitrogen and oxygen atoms in total. The van der Waals surface area contributed by atoms with Gasteiger partial charge >= 0.3 is 0 Å². The van der Waals surface area contributed by atoms with Gasteiger partial charge in [-0.25, -0.2) is 14.4 Å². The summed E-state index contributed by atoms with van der Waals surface area (Å²) >= 11 is 3.50. The third-order valence-electron chi connectivity index (χ3n) is 5.07. The summed E-state index contributed by atoms with van der Waals surface area (Å²) in [5, 5.41) is 0. The van der Waals surface area contributed by atoms with Crippen molar-refractivity contribution in [2.75, 3.05) is 18.0 Å². The molecule has 0 bridgehead atoms. The number of halogens is 2. The van der Waals surface area contributed by atoms with Crippen LogP contribution in [0.5, 0.6) is 0 Å². The highest BCUT2D eigenvalue weighted by atomic mass is 79.9. The number of fused-ring (bicyclic) bond motifs is 3. The Morgan fingerprint density at radius 2 is 2.00 bits per heavy atom. The summed E-state index contributed by atoms with van der Waals surface area (Å²) in [5.74, 6) is 1.42. The van der Waals surface area contributed by atoms with Crippen LogP contribution in [0.3, 0.4) is 0 Å². The van der Waals surface area contributed by atoms with Crippen molar-refractivity contribution in [3.8, 4) is 0 Å². The molecular formula is C19H21BrFN5O. The van der Waals surface area contributed by atoms with Crippen LogP contribution in [-0.2, 0) is 6.54 Å². The van der Waals surface area contributed by atoms with Crippen molar-refractivity contribution in [2.24, 2.45) is 10.9 Å². The normalized spacial score (nSPS) is 18.8. The zero-order chi connectivity index (χ0) is 19.3. The quantitative estimate of drug-likeness (QED) is 0.740. The fourth-order valence-electron chi connectivity index (χ4n) is 3.54. The Balaban J connectivity index is 1.80. The van der Waals surface area contributed by atoms with Crippen molar-refractivity contribution in [1.29, 1.82) is 0 Å². The Morgan fingerprint density at radius 3 is 2.63 bits per heavy atom. The summed E-state index contributed by atoms with van der Waals surface area (Å²) in [6.45, 7) is 7.96. The van der Waals surface area contributed by atoms with Crippen LogP contribution in [0, 0.1) is 11.7 Å². The van der Waals surface area contributed by atoms with Crippen LogP contribution in [0.2, 0.25) is 0 Å². The molecule has 0 aliphatic carbocycles. The molecule has 0 saturated carbocycles. The fraction of sp³-hybridized carbons (Fsp3) is 0.421. The van der Waals surface area contributed by atoms with Crippen LogP contribution < -0.4 is 4.90 Å². The maximum Gasteiger partial charge on any atom is 0.283 e. The van der Waals surface area contributed by atoms with E-state index in [0.29, 0.717) is 41.9 Å². The fourth-order valence-corrected chi connectivity index (χ4v) is 4.01. The summed E-state index contributed by atoms with van der Waals surface area (Å²) in [7, 11) is 0. The van der Waals surface area contributed by atoms with Gasteiger partial charge in [-0.2, -0.15) is 0 Å². The molecule has 0 fully saturated rings. The van der Waals surface area contributed by atoms with Crippen LogP contribution in [0.25, 0.3) is 0 Å². The van der Waals surface area contributed by atoms with Gasteiger partial charge in [0, 0.05) is 6.54 Å². The first-order valence-electron chi connectivity index (χ1n) is 9.08. The van der Waals surface area contributed by atoms with Gasteiger partial charge in [0.2, 0.25) is 5.96 Å². The van der Waals surface area contributed by atoms with Crippen molar-refractivity contribution in [2.45, 2.75) is 33.4 Å². The van der Waals surface area contributed by atoms with Gasteiger partial charge < -0.3 is 0 Å². The lowest BCUT2D eigenvalue weighted by molar-refractivity contribution is 0.0841. The molecule has 1 unspecified atom stereocenters. The summed E-state index contributed by atoms with van der Waals surface area (Å²) in [6.07, 6.45) is 0. The summed E-state index contributed by atoms with van der Waals surface area (Å²) in [6, 6.07) is 6.49. The van der Waals surface area contributed by atoms with Crippen LogP contribution >= 0.6 is 15.9 Å². The second-order valence-electron chi connectivity index (χ2n) is 7.17. The number of imidazole rings is 1. The summed E-state index contributed by atoms with van der Waals surface area (Å²) < 4.78 is 15.8. The van der Waals surface area contributed by atoms with E-state index in [2.05, 4.69) is 39.7 Å². The molecule has 2 aliphatic rings. The predicted octanol–water partition coefficient (Wildman–Crippen LogP) is 3.51. The lowest BCUT2D eigenvalue weighted by Crippen LogP contribution is -2.50. The van der Waals surface area contributed by atoms with Gasteiger partial charge in [-0.15, -0.1) is 0 Å². The molecule has 1 atom stereocenters. The molecule has 2 aromatic rings. The van der Waals surface area contributed by atoms with Crippen LogP contribution in [0.15, 0.2) is 34.0 Å². The largest absolute Gasteiger partial charge is 0.300 e. The van der Waals surface area contributed by atoms with Crippen LogP contribution in [0.1, 0.15) is 36.8 Å². The average Bonchev–Trinajstić information content (AvgIpc) is 3.20. The molecule has 0 N–H and O–H groups in total. The Morgan fingerprint density at radius 1 is 1.30 bits per heavy atom. The standard InChI is InChI=1S/C19H21BrFN5O/c1-4-24-17(27)15-16(26-10-14(11(2)3)22-19(24)26)25(18(20)23-15)9-12-5-7-13(21)8-6-12/h5-8,11,14H,4,9-10H2,1-3H3. The average molecular weight is 434 g/mol. The smallest absolute Gasteiger partial charge is 0.283 e. The number of hydrogen-bond acceptors (Lipinski definition) is 4. The zero-order valence-corrected chi connectivity index (χ0v) is 17.1. The van der Waals surface area contributed by atoms with Gasteiger partial charge in [-0.05, 0) is 46.5 Å². The Labute approximate surface area is 165 Å². The highest BCUT2D eigenvalue weighted by molar-refractivity contribution is 9.10. The number of aromatic nitrogens is 2. The number of guanidine groups is 1. The number of amides is 1. The van der Waals surface area contributed by atoms with Crippen molar-refractivity contribution < 1.29 is 9.18 Å². The number of aliphatic imine (C=N–C) groups is 1. The topological polar surface area (TPSA) is 53.7 Å². The minimum atomic E-state index is -0.270. The Hall–Kier alpha value is -2.22. The van der Waals surface area contributed by atoms with Crippen LogP contribution in [0.4, 0.5) is 10.2 Å². The van der Waals surface area contributed by atoms with Gasteiger partial charge in [0.1, 0.15) is 11.6 Å². The van der Waals surface area contributed by atoms with Crippen LogP contribution in [-0.4, -0.2) is 45.4 Å². The van der Waals surface area contributed by atoms with E-state index in [1.807, 2.05) is 11.5 Å². The van der Waals surface area contributed by atoms with E-state index >= 15 is 0 Å². The van der Waals surface area contributed by atoms with Crippen molar-refractivity contribution in [3.05, 3.63) is 46.1 Å². The van der Waals surface area contributed by atoms with E-state index in [1.54, 1.807) is 17.0 Å². The molecule has 1 aromatic heterocycles. The molecule has 4 rings (SSSR count). The SMILES string of the molecule is CCN1C(=O)c2nc(Br)n(Cc3ccc(F)cc3)c2N2CC(C(C)C)N=C12. The molecule has 0 saturated heterocycles. The predicted molar refractivity (Wildman–Crippen MR) is 106 cm³/mol. The number of benzene rings is 1. The molecule has 0 radical (unpaired) electrons. The molecule has 27 heavy (non-hydrogen) atoms.